The van der Waals surface area contributed by atoms with Crippen LogP contribution in [0.2, 0.25) is 0 Å². The first-order valence-corrected chi connectivity index (χ1v) is 8.54. The maximum absolute atomic E-state index is 12.3. The van der Waals surface area contributed by atoms with E-state index in [-0.39, 0.29) is 5.69 Å². The van der Waals surface area contributed by atoms with Gasteiger partial charge in [-0.15, -0.1) is 10.2 Å². The minimum Gasteiger partial charge on any atom is -0.486 e. The first-order valence-electron chi connectivity index (χ1n) is 8.54. The Kier molecular flexibility index (Phi) is 4.72. The fraction of sp³-hybridized carbons (Fsp3) is 0.100. The van der Waals surface area contributed by atoms with Gasteiger partial charge in [-0.1, -0.05) is 12.1 Å². The highest BCUT2D eigenvalue weighted by molar-refractivity contribution is 6.03. The van der Waals surface area contributed by atoms with Crippen molar-refractivity contribution in [1.29, 1.82) is 5.26 Å². The molecule has 1 aliphatic heterocycles. The van der Waals surface area contributed by atoms with E-state index in [0.29, 0.717) is 41.8 Å². The van der Waals surface area contributed by atoms with Crippen molar-refractivity contribution < 1.29 is 14.3 Å². The second-order valence-corrected chi connectivity index (χ2v) is 5.90. The molecule has 8 heteroatoms. The number of nitrogens with one attached hydrogen (secondary N) is 2. The van der Waals surface area contributed by atoms with Gasteiger partial charge in [0.25, 0.3) is 5.91 Å². The van der Waals surface area contributed by atoms with E-state index in [4.69, 9.17) is 14.7 Å². The first kappa shape index (κ1) is 17.3. The molecule has 1 aromatic heterocycles. The van der Waals surface area contributed by atoms with Crippen LogP contribution in [0.4, 0.5) is 17.2 Å². The van der Waals surface area contributed by atoms with Crippen LogP contribution < -0.4 is 20.1 Å². The number of ether oxygens (including phenoxy) is 2. The Hall–Kier alpha value is -4.12. The van der Waals surface area contributed by atoms with E-state index in [1.54, 1.807) is 36.4 Å². The lowest BCUT2D eigenvalue weighted by molar-refractivity contribution is 0.102. The lowest BCUT2D eigenvalue weighted by Crippen LogP contribution is -2.16. The summed E-state index contributed by atoms with van der Waals surface area (Å²) in [6, 6.07) is 17.5. The number of aromatic nitrogens is 2. The summed E-state index contributed by atoms with van der Waals surface area (Å²) in [7, 11) is 0. The summed E-state index contributed by atoms with van der Waals surface area (Å²) in [5, 5.41) is 22.9. The van der Waals surface area contributed by atoms with Gasteiger partial charge in [0, 0.05) is 11.8 Å². The Morgan fingerprint density at radius 2 is 1.82 bits per heavy atom. The molecule has 0 fully saturated rings. The minimum atomic E-state index is -0.443. The predicted octanol–water partition coefficient (Wildman–Crippen LogP) is 3.12. The van der Waals surface area contributed by atoms with Gasteiger partial charge in [-0.05, 0) is 36.4 Å². The number of hydrogen-bond acceptors (Lipinski definition) is 7. The molecule has 0 atom stereocenters. The van der Waals surface area contributed by atoms with Crippen molar-refractivity contribution in [1.82, 2.24) is 10.2 Å². The molecular formula is C20H15N5O3. The molecule has 4 rings (SSSR count). The molecule has 2 N–H and O–H groups in total. The van der Waals surface area contributed by atoms with E-state index in [1.807, 2.05) is 24.3 Å². The zero-order chi connectivity index (χ0) is 19.3. The Labute approximate surface area is 160 Å². The molecule has 3 aromatic rings. The maximum atomic E-state index is 12.3. The number of fused-ring (bicyclic) bond motifs is 1. The normalized spacial score (nSPS) is 12.0. The van der Waals surface area contributed by atoms with Crippen LogP contribution in [0.3, 0.4) is 0 Å². The molecular weight excluding hydrogens is 358 g/mol. The van der Waals surface area contributed by atoms with Crippen LogP contribution in [0.15, 0.2) is 54.6 Å². The largest absolute Gasteiger partial charge is 0.486 e. The monoisotopic (exact) mass is 373 g/mol. The minimum absolute atomic E-state index is 0.139. The molecule has 1 aliphatic rings. The smallest absolute Gasteiger partial charge is 0.276 e. The Bertz CT molecular complexity index is 1060. The van der Waals surface area contributed by atoms with Crippen molar-refractivity contribution in [3.05, 3.63) is 65.9 Å². The summed E-state index contributed by atoms with van der Waals surface area (Å²) in [6.07, 6.45) is 0. The molecule has 0 unspecified atom stereocenters. The number of carbonyl (C=O) groups excluding carboxylic acids is 1. The molecule has 0 radical (unpaired) electrons. The average molecular weight is 373 g/mol. The van der Waals surface area contributed by atoms with Crippen LogP contribution in [-0.4, -0.2) is 29.3 Å². The molecule has 28 heavy (non-hydrogen) atoms. The van der Waals surface area contributed by atoms with Crippen molar-refractivity contribution in [2.45, 2.75) is 0 Å². The number of carbonyl (C=O) groups is 1. The highest BCUT2D eigenvalue weighted by atomic mass is 16.6. The average Bonchev–Trinajstić information content (AvgIpc) is 2.74. The van der Waals surface area contributed by atoms with Gasteiger partial charge in [-0.2, -0.15) is 5.26 Å². The molecule has 1 amide bonds. The zero-order valence-electron chi connectivity index (χ0n) is 14.7. The number of anilines is 3. The van der Waals surface area contributed by atoms with Crippen LogP contribution >= 0.6 is 0 Å². The van der Waals surface area contributed by atoms with Gasteiger partial charge in [0.2, 0.25) is 0 Å². The maximum Gasteiger partial charge on any atom is 0.276 e. The van der Waals surface area contributed by atoms with E-state index in [1.165, 1.54) is 0 Å². The van der Waals surface area contributed by atoms with Gasteiger partial charge < -0.3 is 20.1 Å². The molecule has 2 aromatic carbocycles. The summed E-state index contributed by atoms with van der Waals surface area (Å²) in [5.74, 6) is 1.40. The van der Waals surface area contributed by atoms with Gasteiger partial charge in [-0.25, -0.2) is 0 Å². The SMILES string of the molecule is N#Cc1ccccc1NC(=O)c1ccc(Nc2ccc3c(c2)OCCO3)nn1. The number of hydrogen-bond donors (Lipinski definition) is 2. The third kappa shape index (κ3) is 3.68. The standard InChI is InChI=1S/C20H15N5O3/c21-12-13-3-1-2-4-15(13)23-20(26)16-6-8-19(25-24-16)22-14-5-7-17-18(11-14)28-10-9-27-17/h1-8,11H,9-10H2,(H,22,25)(H,23,26). The van der Waals surface area contributed by atoms with E-state index in [0.717, 1.165) is 5.69 Å². The van der Waals surface area contributed by atoms with Gasteiger partial charge in [0.05, 0.1) is 11.3 Å². The fourth-order valence-corrected chi connectivity index (χ4v) is 2.66. The first-order chi connectivity index (χ1) is 13.7. The van der Waals surface area contributed by atoms with Crippen molar-refractivity contribution in [2.24, 2.45) is 0 Å². The summed E-state index contributed by atoms with van der Waals surface area (Å²) in [4.78, 5) is 12.3. The summed E-state index contributed by atoms with van der Waals surface area (Å²) < 4.78 is 11.0. The number of benzene rings is 2. The second-order valence-electron chi connectivity index (χ2n) is 5.90. The van der Waals surface area contributed by atoms with Crippen molar-refractivity contribution in [3.63, 3.8) is 0 Å². The topological polar surface area (TPSA) is 109 Å². The molecule has 0 saturated carbocycles. The molecule has 0 aliphatic carbocycles. The van der Waals surface area contributed by atoms with Gasteiger partial charge in [0.15, 0.2) is 23.0 Å². The quantitative estimate of drug-likeness (QED) is 0.723. The Balaban J connectivity index is 1.45. The molecule has 0 saturated heterocycles. The molecule has 2 heterocycles. The second kappa shape index (κ2) is 7.63. The van der Waals surface area contributed by atoms with Crippen LogP contribution in [0.1, 0.15) is 16.1 Å². The highest BCUT2D eigenvalue weighted by Gasteiger charge is 2.13. The van der Waals surface area contributed by atoms with E-state index < -0.39 is 5.91 Å². The number of para-hydroxylation sites is 1. The fourth-order valence-electron chi connectivity index (χ4n) is 2.66. The summed E-state index contributed by atoms with van der Waals surface area (Å²) in [6.45, 7) is 1.04. The van der Waals surface area contributed by atoms with E-state index >= 15 is 0 Å². The number of nitriles is 1. The molecule has 0 spiro atoms. The van der Waals surface area contributed by atoms with Gasteiger partial charge >= 0.3 is 0 Å². The lowest BCUT2D eigenvalue weighted by atomic mass is 10.2. The number of rotatable bonds is 4. The van der Waals surface area contributed by atoms with Crippen LogP contribution in [-0.2, 0) is 0 Å². The summed E-state index contributed by atoms with van der Waals surface area (Å²) in [5.41, 5.74) is 1.70. The number of amides is 1. The van der Waals surface area contributed by atoms with Crippen molar-refractivity contribution in [3.8, 4) is 17.6 Å². The lowest BCUT2D eigenvalue weighted by Gasteiger charge is -2.19. The van der Waals surface area contributed by atoms with Gasteiger partial charge in [-0.3, -0.25) is 4.79 Å². The van der Waals surface area contributed by atoms with Crippen LogP contribution in [0.5, 0.6) is 11.5 Å². The van der Waals surface area contributed by atoms with Gasteiger partial charge in [0.1, 0.15) is 19.3 Å². The number of nitrogens with zero attached hydrogens (tertiary/aromatic N) is 3. The molecule has 8 nitrogen and oxygen atoms in total. The Morgan fingerprint density at radius 3 is 2.61 bits per heavy atom. The van der Waals surface area contributed by atoms with E-state index in [9.17, 15) is 4.79 Å². The third-order valence-electron chi connectivity index (χ3n) is 4.01. The highest BCUT2D eigenvalue weighted by Crippen LogP contribution is 2.33. The zero-order valence-corrected chi connectivity index (χ0v) is 14.7. The molecule has 0 bridgehead atoms. The predicted molar refractivity (Wildman–Crippen MR) is 102 cm³/mol. The third-order valence-corrected chi connectivity index (χ3v) is 4.01. The molecule has 138 valence electrons. The van der Waals surface area contributed by atoms with Crippen LogP contribution in [0.25, 0.3) is 0 Å². The van der Waals surface area contributed by atoms with Crippen molar-refractivity contribution >= 4 is 23.1 Å². The van der Waals surface area contributed by atoms with E-state index in [2.05, 4.69) is 20.8 Å². The van der Waals surface area contributed by atoms with Crippen LogP contribution in [0, 0.1) is 11.3 Å². The van der Waals surface area contributed by atoms with Crippen molar-refractivity contribution in [2.75, 3.05) is 23.8 Å². The summed E-state index contributed by atoms with van der Waals surface area (Å²) >= 11 is 0. The Morgan fingerprint density at radius 1 is 1.00 bits per heavy atom.